The van der Waals surface area contributed by atoms with Crippen molar-refractivity contribution in [1.82, 2.24) is 0 Å². The second-order valence-electron chi connectivity index (χ2n) is 5.11. The molecule has 1 aromatic carbocycles. The van der Waals surface area contributed by atoms with Crippen LogP contribution in [0.4, 0.5) is 4.39 Å². The van der Waals surface area contributed by atoms with E-state index in [9.17, 15) is 4.39 Å². The zero-order valence-corrected chi connectivity index (χ0v) is 13.7. The number of halogens is 2. The molecule has 3 heteroatoms. The average molecular weight is 311 g/mol. The predicted octanol–water partition coefficient (Wildman–Crippen LogP) is 5.40. The zero-order valence-electron chi connectivity index (χ0n) is 12.9. The standard InChI is InChI=1S/C18H24ClFO/c1-3-5-8-15(4-2)14-21-18-13-17(20)11-10-16(18)9-6-7-12-19/h10-11,13,15H,3-5,7-8,12,14H2,1-2H3. The van der Waals surface area contributed by atoms with Crippen LogP contribution >= 0.6 is 11.6 Å². The molecule has 21 heavy (non-hydrogen) atoms. The molecule has 0 bridgehead atoms. The van der Waals surface area contributed by atoms with E-state index in [0.29, 0.717) is 30.6 Å². The maximum Gasteiger partial charge on any atom is 0.137 e. The van der Waals surface area contributed by atoms with E-state index in [2.05, 4.69) is 25.7 Å². The molecule has 1 nitrogen and oxygen atoms in total. The summed E-state index contributed by atoms with van der Waals surface area (Å²) in [5.74, 6) is 7.21. The van der Waals surface area contributed by atoms with Crippen molar-refractivity contribution in [1.29, 1.82) is 0 Å². The third-order valence-corrected chi connectivity index (χ3v) is 3.59. The lowest BCUT2D eigenvalue weighted by atomic mass is 10.0. The summed E-state index contributed by atoms with van der Waals surface area (Å²) in [5.41, 5.74) is 0.729. The lowest BCUT2D eigenvalue weighted by Crippen LogP contribution is -2.12. The van der Waals surface area contributed by atoms with Crippen LogP contribution in [-0.2, 0) is 0 Å². The van der Waals surface area contributed by atoms with Crippen molar-refractivity contribution >= 4 is 11.6 Å². The van der Waals surface area contributed by atoms with Crippen LogP contribution < -0.4 is 4.74 Å². The van der Waals surface area contributed by atoms with Crippen LogP contribution in [0.15, 0.2) is 18.2 Å². The van der Waals surface area contributed by atoms with Gasteiger partial charge in [-0.05, 0) is 24.5 Å². The molecular formula is C18H24ClFO. The summed E-state index contributed by atoms with van der Waals surface area (Å²) < 4.78 is 19.2. The minimum atomic E-state index is -0.297. The number of hydrogen-bond acceptors (Lipinski definition) is 1. The Labute approximate surface area is 132 Å². The Morgan fingerprint density at radius 1 is 1.33 bits per heavy atom. The quantitative estimate of drug-likeness (QED) is 0.461. The number of hydrogen-bond donors (Lipinski definition) is 0. The fourth-order valence-corrected chi connectivity index (χ4v) is 2.12. The first-order valence-electron chi connectivity index (χ1n) is 7.68. The summed E-state index contributed by atoms with van der Waals surface area (Å²) >= 11 is 5.61. The topological polar surface area (TPSA) is 9.23 Å². The maximum atomic E-state index is 13.4. The number of ether oxygens (including phenoxy) is 1. The number of alkyl halides is 1. The van der Waals surface area contributed by atoms with Gasteiger partial charge in [-0.3, -0.25) is 0 Å². The van der Waals surface area contributed by atoms with Gasteiger partial charge in [-0.25, -0.2) is 4.39 Å². The molecule has 0 N–H and O–H groups in total. The van der Waals surface area contributed by atoms with Crippen molar-refractivity contribution in [2.75, 3.05) is 12.5 Å². The molecule has 0 aliphatic rings. The lowest BCUT2D eigenvalue weighted by molar-refractivity contribution is 0.232. The Bertz CT molecular complexity index is 476. The number of rotatable bonds is 8. The fraction of sp³-hybridized carbons (Fsp3) is 0.556. The molecule has 0 heterocycles. The van der Waals surface area contributed by atoms with Gasteiger partial charge >= 0.3 is 0 Å². The van der Waals surface area contributed by atoms with Gasteiger partial charge in [0.1, 0.15) is 11.6 Å². The normalized spacial score (nSPS) is 11.6. The minimum absolute atomic E-state index is 0.297. The monoisotopic (exact) mass is 310 g/mol. The van der Waals surface area contributed by atoms with Crippen molar-refractivity contribution in [3.05, 3.63) is 29.6 Å². The fourth-order valence-electron chi connectivity index (χ4n) is 2.03. The molecule has 0 saturated carbocycles. The van der Waals surface area contributed by atoms with Gasteiger partial charge in [-0.15, -0.1) is 11.6 Å². The molecule has 1 rings (SSSR count). The SMILES string of the molecule is CCCCC(CC)COc1cc(F)ccc1C#CCCCl. The molecule has 1 aromatic rings. The molecule has 116 valence electrons. The van der Waals surface area contributed by atoms with Crippen molar-refractivity contribution in [3.63, 3.8) is 0 Å². The first-order chi connectivity index (χ1) is 10.2. The van der Waals surface area contributed by atoms with E-state index in [1.807, 2.05) is 0 Å². The highest BCUT2D eigenvalue weighted by Crippen LogP contribution is 2.21. The second-order valence-corrected chi connectivity index (χ2v) is 5.49. The zero-order chi connectivity index (χ0) is 15.5. The smallest absolute Gasteiger partial charge is 0.137 e. The van der Waals surface area contributed by atoms with E-state index >= 15 is 0 Å². The van der Waals surface area contributed by atoms with Gasteiger partial charge in [-0.1, -0.05) is 45.0 Å². The van der Waals surface area contributed by atoms with Crippen LogP contribution in [0, 0.1) is 23.6 Å². The molecule has 0 aliphatic heterocycles. The first-order valence-corrected chi connectivity index (χ1v) is 8.21. The third kappa shape index (κ3) is 6.87. The minimum Gasteiger partial charge on any atom is -0.492 e. The third-order valence-electron chi connectivity index (χ3n) is 3.40. The number of unbranched alkanes of at least 4 members (excludes halogenated alkanes) is 1. The van der Waals surface area contributed by atoms with Crippen LogP contribution in [0.25, 0.3) is 0 Å². The summed E-state index contributed by atoms with van der Waals surface area (Å²) in [6.45, 7) is 4.96. The summed E-state index contributed by atoms with van der Waals surface area (Å²) in [7, 11) is 0. The van der Waals surface area contributed by atoms with Crippen molar-refractivity contribution in [2.24, 2.45) is 5.92 Å². The first kappa shape index (κ1) is 17.9. The van der Waals surface area contributed by atoms with E-state index in [1.54, 1.807) is 6.07 Å². The van der Waals surface area contributed by atoms with Crippen LogP contribution in [-0.4, -0.2) is 12.5 Å². The lowest BCUT2D eigenvalue weighted by Gasteiger charge is -2.16. The van der Waals surface area contributed by atoms with E-state index in [-0.39, 0.29) is 5.82 Å². The Balaban J connectivity index is 2.72. The van der Waals surface area contributed by atoms with Gasteiger partial charge in [0.15, 0.2) is 0 Å². The molecule has 0 saturated heterocycles. The molecule has 0 aromatic heterocycles. The Morgan fingerprint density at radius 2 is 2.14 bits per heavy atom. The van der Waals surface area contributed by atoms with Crippen LogP contribution in [0.2, 0.25) is 0 Å². The molecule has 1 atom stereocenters. The van der Waals surface area contributed by atoms with Gasteiger partial charge in [0.2, 0.25) is 0 Å². The molecular weight excluding hydrogens is 287 g/mol. The van der Waals surface area contributed by atoms with E-state index in [0.717, 1.165) is 18.4 Å². The molecule has 0 amide bonds. The highest BCUT2D eigenvalue weighted by atomic mass is 35.5. The maximum absolute atomic E-state index is 13.4. The molecule has 0 radical (unpaired) electrons. The van der Waals surface area contributed by atoms with Crippen LogP contribution in [0.5, 0.6) is 5.75 Å². The highest BCUT2D eigenvalue weighted by molar-refractivity contribution is 6.18. The van der Waals surface area contributed by atoms with Crippen molar-refractivity contribution in [2.45, 2.75) is 46.0 Å². The molecule has 0 aliphatic carbocycles. The highest BCUT2D eigenvalue weighted by Gasteiger charge is 2.09. The number of benzene rings is 1. The summed E-state index contributed by atoms with van der Waals surface area (Å²) in [5, 5.41) is 0. The summed E-state index contributed by atoms with van der Waals surface area (Å²) in [4.78, 5) is 0. The average Bonchev–Trinajstić information content (AvgIpc) is 2.49. The second kappa shape index (κ2) is 10.5. The Kier molecular flexibility index (Phi) is 8.94. The summed E-state index contributed by atoms with van der Waals surface area (Å²) in [6.07, 6.45) is 5.23. The molecule has 1 unspecified atom stereocenters. The van der Waals surface area contributed by atoms with E-state index in [4.69, 9.17) is 16.3 Å². The van der Waals surface area contributed by atoms with Crippen LogP contribution in [0.3, 0.4) is 0 Å². The largest absolute Gasteiger partial charge is 0.492 e. The van der Waals surface area contributed by atoms with Gasteiger partial charge in [0, 0.05) is 18.4 Å². The molecule has 0 fully saturated rings. The van der Waals surface area contributed by atoms with Crippen LogP contribution in [0.1, 0.15) is 51.5 Å². The van der Waals surface area contributed by atoms with Gasteiger partial charge in [0.25, 0.3) is 0 Å². The Morgan fingerprint density at radius 3 is 2.81 bits per heavy atom. The van der Waals surface area contributed by atoms with Crippen molar-refractivity contribution < 1.29 is 9.13 Å². The molecule has 0 spiro atoms. The van der Waals surface area contributed by atoms with E-state index in [1.165, 1.54) is 25.0 Å². The van der Waals surface area contributed by atoms with Gasteiger partial charge in [-0.2, -0.15) is 0 Å². The van der Waals surface area contributed by atoms with Gasteiger partial charge < -0.3 is 4.74 Å². The van der Waals surface area contributed by atoms with Crippen molar-refractivity contribution in [3.8, 4) is 17.6 Å². The Hall–Kier alpha value is -1.20. The van der Waals surface area contributed by atoms with Gasteiger partial charge in [0.05, 0.1) is 12.2 Å². The predicted molar refractivity (Wildman–Crippen MR) is 87.4 cm³/mol. The summed E-state index contributed by atoms with van der Waals surface area (Å²) in [6, 6.07) is 4.49. The van der Waals surface area contributed by atoms with E-state index < -0.39 is 0 Å².